The molecule has 2 aromatic rings. The van der Waals surface area contributed by atoms with Gasteiger partial charge in [-0.3, -0.25) is 9.59 Å². The van der Waals surface area contributed by atoms with E-state index < -0.39 is 0 Å². The lowest BCUT2D eigenvalue weighted by Gasteiger charge is -2.41. The third-order valence-electron chi connectivity index (χ3n) is 5.05. The highest BCUT2D eigenvalue weighted by atomic mass is 35.5. The first-order chi connectivity index (χ1) is 13.2. The smallest absolute Gasteiger partial charge is 0.225 e. The van der Waals surface area contributed by atoms with Gasteiger partial charge in [0.25, 0.3) is 0 Å². The molecule has 1 heterocycles. The highest BCUT2D eigenvalue weighted by Crippen LogP contribution is 2.37. The average molecular weight is 402 g/mol. The van der Waals surface area contributed by atoms with Gasteiger partial charge in [0.2, 0.25) is 11.8 Å². The van der Waals surface area contributed by atoms with Crippen molar-refractivity contribution in [3.05, 3.63) is 71.8 Å². The van der Waals surface area contributed by atoms with Crippen molar-refractivity contribution in [2.24, 2.45) is 5.92 Å². The summed E-state index contributed by atoms with van der Waals surface area (Å²) in [6.45, 7) is 1.82. The van der Waals surface area contributed by atoms with E-state index in [1.807, 2.05) is 72.6 Å². The molecule has 0 spiro atoms. The van der Waals surface area contributed by atoms with E-state index in [2.05, 4.69) is 10.6 Å². The molecule has 28 heavy (non-hydrogen) atoms. The number of hydrogen-bond acceptors (Lipinski definition) is 3. The van der Waals surface area contributed by atoms with Crippen molar-refractivity contribution in [2.45, 2.75) is 25.4 Å². The van der Waals surface area contributed by atoms with E-state index in [-0.39, 0.29) is 36.2 Å². The second kappa shape index (κ2) is 10.8. The molecule has 1 saturated heterocycles. The first-order valence-corrected chi connectivity index (χ1v) is 9.51. The van der Waals surface area contributed by atoms with Gasteiger partial charge in [-0.05, 0) is 24.6 Å². The molecule has 1 fully saturated rings. The van der Waals surface area contributed by atoms with Gasteiger partial charge in [0.1, 0.15) is 0 Å². The summed E-state index contributed by atoms with van der Waals surface area (Å²) in [6, 6.07) is 19.6. The molecule has 6 heteroatoms. The maximum Gasteiger partial charge on any atom is 0.225 e. The highest BCUT2D eigenvalue weighted by molar-refractivity contribution is 5.85. The van der Waals surface area contributed by atoms with E-state index in [9.17, 15) is 9.59 Å². The molecule has 1 aliphatic rings. The van der Waals surface area contributed by atoms with Crippen molar-refractivity contribution in [1.29, 1.82) is 0 Å². The number of piperidine rings is 1. The molecule has 0 aliphatic carbocycles. The Labute approximate surface area is 172 Å². The number of carbonyl (C=O) groups excluding carboxylic acids is 2. The Morgan fingerprint density at radius 2 is 1.68 bits per heavy atom. The van der Waals surface area contributed by atoms with Gasteiger partial charge in [0, 0.05) is 26.1 Å². The molecule has 0 aromatic heterocycles. The molecule has 150 valence electrons. The minimum Gasteiger partial charge on any atom is -0.355 e. The maximum absolute atomic E-state index is 12.9. The molecule has 0 saturated carbocycles. The van der Waals surface area contributed by atoms with Crippen LogP contribution in [0.2, 0.25) is 0 Å². The second-order valence-corrected chi connectivity index (χ2v) is 6.90. The van der Waals surface area contributed by atoms with Gasteiger partial charge in [-0.2, -0.15) is 0 Å². The fourth-order valence-electron chi connectivity index (χ4n) is 3.70. The van der Waals surface area contributed by atoms with Gasteiger partial charge in [-0.1, -0.05) is 60.7 Å². The number of hydrogen-bond donors (Lipinski definition) is 2. The number of carbonyl (C=O) groups is 2. The van der Waals surface area contributed by atoms with Crippen molar-refractivity contribution in [3.8, 4) is 0 Å². The molecule has 2 N–H and O–H groups in total. The molecule has 0 bridgehead atoms. The topological polar surface area (TPSA) is 61.4 Å². The summed E-state index contributed by atoms with van der Waals surface area (Å²) in [7, 11) is 1.86. The number of amides is 2. The van der Waals surface area contributed by atoms with Crippen LogP contribution in [-0.2, 0) is 16.1 Å². The fraction of sp³-hybridized carbons (Fsp3) is 0.364. The molecule has 2 atom stereocenters. The molecule has 5 nitrogen and oxygen atoms in total. The van der Waals surface area contributed by atoms with E-state index in [1.165, 1.54) is 0 Å². The first-order valence-electron chi connectivity index (χ1n) is 9.51. The lowest BCUT2D eigenvalue weighted by atomic mass is 9.83. The van der Waals surface area contributed by atoms with Crippen LogP contribution >= 0.6 is 12.4 Å². The Kier molecular flexibility index (Phi) is 8.48. The van der Waals surface area contributed by atoms with Crippen LogP contribution < -0.4 is 10.6 Å². The molecule has 2 aromatic carbocycles. The van der Waals surface area contributed by atoms with Crippen LogP contribution in [0.3, 0.4) is 0 Å². The zero-order valence-corrected chi connectivity index (χ0v) is 17.0. The Hall–Kier alpha value is -2.37. The summed E-state index contributed by atoms with van der Waals surface area (Å²) in [5.74, 6) is -0.123. The van der Waals surface area contributed by atoms with Gasteiger partial charge in [-0.25, -0.2) is 0 Å². The first kappa shape index (κ1) is 21.9. The molecule has 2 unspecified atom stereocenters. The lowest BCUT2D eigenvalue weighted by molar-refractivity contribution is -0.144. The maximum atomic E-state index is 12.9. The van der Waals surface area contributed by atoms with Crippen molar-refractivity contribution in [1.82, 2.24) is 15.5 Å². The summed E-state index contributed by atoms with van der Waals surface area (Å²) in [5.41, 5.74) is 2.08. The summed E-state index contributed by atoms with van der Waals surface area (Å²) in [4.78, 5) is 27.6. The Morgan fingerprint density at radius 3 is 2.32 bits per heavy atom. The third kappa shape index (κ3) is 5.33. The van der Waals surface area contributed by atoms with Crippen LogP contribution in [-0.4, -0.2) is 36.9 Å². The van der Waals surface area contributed by atoms with Crippen LogP contribution in [0.1, 0.15) is 30.0 Å². The highest BCUT2D eigenvalue weighted by Gasteiger charge is 2.40. The zero-order chi connectivity index (χ0) is 19.1. The minimum absolute atomic E-state index is 0. The molecular formula is C22H28ClN3O2. The second-order valence-electron chi connectivity index (χ2n) is 6.90. The molecule has 3 rings (SSSR count). The molecular weight excluding hydrogens is 374 g/mol. The largest absolute Gasteiger partial charge is 0.355 e. The van der Waals surface area contributed by atoms with Crippen LogP contribution in [0.15, 0.2) is 60.7 Å². The summed E-state index contributed by atoms with van der Waals surface area (Å²) in [5, 5.41) is 6.05. The number of rotatable bonds is 7. The Bertz CT molecular complexity index is 755. The summed E-state index contributed by atoms with van der Waals surface area (Å²) in [6.07, 6.45) is 0.982. The number of likely N-dealkylation sites (tertiary alicyclic amines) is 1. The number of nitrogens with zero attached hydrogens (tertiary/aromatic N) is 1. The zero-order valence-electron chi connectivity index (χ0n) is 16.1. The minimum atomic E-state index is -0.248. The number of halogens is 1. The fourth-order valence-corrected chi connectivity index (χ4v) is 3.70. The lowest BCUT2D eigenvalue weighted by Crippen LogP contribution is -2.48. The van der Waals surface area contributed by atoms with Crippen molar-refractivity contribution < 1.29 is 9.59 Å². The van der Waals surface area contributed by atoms with Crippen LogP contribution in [0.5, 0.6) is 0 Å². The Balaban J connectivity index is 0.00000280. The third-order valence-corrected chi connectivity index (χ3v) is 5.05. The number of likely N-dealkylation sites (N-methyl/N-ethyl adjacent to an activating group) is 1. The van der Waals surface area contributed by atoms with Crippen molar-refractivity contribution >= 4 is 24.2 Å². The van der Waals surface area contributed by atoms with Crippen LogP contribution in [0.4, 0.5) is 0 Å². The van der Waals surface area contributed by atoms with Gasteiger partial charge >= 0.3 is 0 Å². The predicted octanol–water partition coefficient (Wildman–Crippen LogP) is 2.92. The van der Waals surface area contributed by atoms with E-state index in [0.717, 1.165) is 17.7 Å². The van der Waals surface area contributed by atoms with Gasteiger partial charge < -0.3 is 15.5 Å². The monoisotopic (exact) mass is 401 g/mol. The van der Waals surface area contributed by atoms with E-state index in [4.69, 9.17) is 0 Å². The molecule has 1 aliphatic heterocycles. The van der Waals surface area contributed by atoms with Crippen LogP contribution in [0.25, 0.3) is 0 Å². The normalized spacial score (nSPS) is 19.0. The van der Waals surface area contributed by atoms with Crippen LogP contribution in [0, 0.1) is 5.92 Å². The quantitative estimate of drug-likeness (QED) is 0.701. The van der Waals surface area contributed by atoms with E-state index in [0.29, 0.717) is 25.9 Å². The SMILES string of the molecule is CNCCNC(=O)C1CCC(=O)N(Cc2ccccc2)C1c1ccccc1.Cl. The average Bonchev–Trinajstić information content (AvgIpc) is 2.71. The molecule has 2 amide bonds. The van der Waals surface area contributed by atoms with Crippen molar-refractivity contribution in [2.75, 3.05) is 20.1 Å². The standard InChI is InChI=1S/C22H27N3O2.ClH/c1-23-14-15-24-22(27)19-12-13-20(26)25(16-17-8-4-2-5-9-17)21(19)18-10-6-3-7-11-18;/h2-11,19,21,23H,12-16H2,1H3,(H,24,27);1H. The predicted molar refractivity (Wildman–Crippen MR) is 113 cm³/mol. The summed E-state index contributed by atoms with van der Waals surface area (Å²) < 4.78 is 0. The van der Waals surface area contributed by atoms with Gasteiger partial charge in [-0.15, -0.1) is 12.4 Å². The van der Waals surface area contributed by atoms with Gasteiger partial charge in [0.05, 0.1) is 12.0 Å². The number of nitrogens with one attached hydrogen (secondary N) is 2. The molecule has 0 radical (unpaired) electrons. The van der Waals surface area contributed by atoms with Crippen molar-refractivity contribution in [3.63, 3.8) is 0 Å². The van der Waals surface area contributed by atoms with E-state index in [1.54, 1.807) is 0 Å². The Morgan fingerprint density at radius 1 is 1.04 bits per heavy atom. The number of benzene rings is 2. The summed E-state index contributed by atoms with van der Waals surface area (Å²) >= 11 is 0. The van der Waals surface area contributed by atoms with E-state index >= 15 is 0 Å². The van der Waals surface area contributed by atoms with Gasteiger partial charge in [0.15, 0.2) is 0 Å².